The van der Waals surface area contributed by atoms with Crippen molar-refractivity contribution in [2.45, 2.75) is 25.5 Å². The number of carbonyl (C=O) groups excluding carboxylic acids is 1. The SMILES string of the molecule is COc1cc2c(cc1OC)CN(C(=O)C[C@@H]1CNCCO1)CC2. The number of benzene rings is 1. The summed E-state index contributed by atoms with van der Waals surface area (Å²) < 4.78 is 16.3. The van der Waals surface area contributed by atoms with E-state index in [4.69, 9.17) is 14.2 Å². The van der Waals surface area contributed by atoms with Crippen LogP contribution in [-0.4, -0.2) is 57.4 Å². The maximum atomic E-state index is 12.5. The summed E-state index contributed by atoms with van der Waals surface area (Å²) in [6.45, 7) is 3.65. The van der Waals surface area contributed by atoms with Crippen LogP contribution in [0.1, 0.15) is 17.5 Å². The number of nitrogens with one attached hydrogen (secondary N) is 1. The molecule has 2 aliphatic heterocycles. The summed E-state index contributed by atoms with van der Waals surface area (Å²) in [5.74, 6) is 1.60. The van der Waals surface area contributed by atoms with Gasteiger partial charge in [-0.2, -0.15) is 0 Å². The summed E-state index contributed by atoms with van der Waals surface area (Å²) in [7, 11) is 3.27. The lowest BCUT2D eigenvalue weighted by atomic mass is 9.98. The standard InChI is InChI=1S/C17H24N2O4/c1-21-15-7-12-3-5-19(11-13(12)8-16(15)22-2)17(20)9-14-10-18-4-6-23-14/h7-8,14,18H,3-6,9-11H2,1-2H3/t14-/m1/s1. The van der Waals surface area contributed by atoms with Crippen LogP contribution >= 0.6 is 0 Å². The van der Waals surface area contributed by atoms with Gasteiger partial charge in [-0.1, -0.05) is 0 Å². The Bertz CT molecular complexity index is 570. The molecular formula is C17H24N2O4. The third-order valence-electron chi connectivity index (χ3n) is 4.48. The van der Waals surface area contributed by atoms with Crippen LogP contribution in [0.15, 0.2) is 12.1 Å². The van der Waals surface area contributed by atoms with Gasteiger partial charge in [-0.3, -0.25) is 4.79 Å². The maximum Gasteiger partial charge on any atom is 0.225 e. The molecule has 0 unspecified atom stereocenters. The summed E-state index contributed by atoms with van der Waals surface area (Å²) in [6, 6.07) is 4.00. The summed E-state index contributed by atoms with van der Waals surface area (Å²) in [4.78, 5) is 14.4. The molecule has 0 saturated carbocycles. The Hall–Kier alpha value is -1.79. The first-order valence-electron chi connectivity index (χ1n) is 8.05. The number of hydrogen-bond donors (Lipinski definition) is 1. The minimum atomic E-state index is -0.0111. The molecule has 23 heavy (non-hydrogen) atoms. The van der Waals surface area contributed by atoms with Crippen molar-refractivity contribution in [2.24, 2.45) is 0 Å². The quantitative estimate of drug-likeness (QED) is 0.896. The Labute approximate surface area is 136 Å². The van der Waals surface area contributed by atoms with Crippen molar-refractivity contribution in [2.75, 3.05) is 40.5 Å². The Morgan fingerprint density at radius 3 is 2.70 bits per heavy atom. The summed E-state index contributed by atoms with van der Waals surface area (Å²) >= 11 is 0. The van der Waals surface area contributed by atoms with Gasteiger partial charge in [0.1, 0.15) is 0 Å². The van der Waals surface area contributed by atoms with Crippen molar-refractivity contribution in [1.29, 1.82) is 0 Å². The van der Waals surface area contributed by atoms with E-state index in [1.165, 1.54) is 5.56 Å². The lowest BCUT2D eigenvalue weighted by Gasteiger charge is -2.31. The molecule has 1 amide bonds. The van der Waals surface area contributed by atoms with Gasteiger partial charge in [0.2, 0.25) is 5.91 Å². The zero-order valence-corrected chi connectivity index (χ0v) is 13.8. The predicted molar refractivity (Wildman–Crippen MR) is 85.9 cm³/mol. The Kier molecular flexibility index (Phi) is 5.03. The first-order chi connectivity index (χ1) is 11.2. The largest absolute Gasteiger partial charge is 0.493 e. The second kappa shape index (κ2) is 7.19. The number of amides is 1. The first-order valence-corrected chi connectivity index (χ1v) is 8.05. The lowest BCUT2D eigenvalue weighted by molar-refractivity contribution is -0.135. The molecule has 2 aliphatic rings. The number of ether oxygens (including phenoxy) is 3. The van der Waals surface area contributed by atoms with E-state index < -0.39 is 0 Å². The molecular weight excluding hydrogens is 296 g/mol. The van der Waals surface area contributed by atoms with E-state index in [1.807, 2.05) is 17.0 Å². The van der Waals surface area contributed by atoms with E-state index in [0.29, 0.717) is 25.3 Å². The molecule has 6 nitrogen and oxygen atoms in total. The van der Waals surface area contributed by atoms with E-state index >= 15 is 0 Å². The average Bonchev–Trinajstić information content (AvgIpc) is 2.60. The topological polar surface area (TPSA) is 60.0 Å². The molecule has 0 aliphatic carbocycles. The smallest absolute Gasteiger partial charge is 0.225 e. The summed E-state index contributed by atoms with van der Waals surface area (Å²) in [6.07, 6.45) is 1.27. The molecule has 0 spiro atoms. The zero-order valence-electron chi connectivity index (χ0n) is 13.8. The van der Waals surface area contributed by atoms with Crippen LogP contribution < -0.4 is 14.8 Å². The van der Waals surface area contributed by atoms with Gasteiger partial charge in [0.15, 0.2) is 11.5 Å². The van der Waals surface area contributed by atoms with Gasteiger partial charge < -0.3 is 24.4 Å². The molecule has 6 heteroatoms. The highest BCUT2D eigenvalue weighted by molar-refractivity contribution is 5.77. The molecule has 0 aromatic heterocycles. The molecule has 1 aromatic carbocycles. The molecule has 1 aromatic rings. The molecule has 1 atom stereocenters. The van der Waals surface area contributed by atoms with Gasteiger partial charge in [0.25, 0.3) is 0 Å². The van der Waals surface area contributed by atoms with Gasteiger partial charge >= 0.3 is 0 Å². The van der Waals surface area contributed by atoms with Crippen LogP contribution in [-0.2, 0) is 22.5 Å². The molecule has 126 valence electrons. The average molecular weight is 320 g/mol. The number of nitrogens with zero attached hydrogens (tertiary/aromatic N) is 1. The van der Waals surface area contributed by atoms with Crippen molar-refractivity contribution < 1.29 is 19.0 Å². The highest BCUT2D eigenvalue weighted by Crippen LogP contribution is 2.33. The van der Waals surface area contributed by atoms with Crippen LogP contribution in [0.4, 0.5) is 0 Å². The fourth-order valence-electron chi connectivity index (χ4n) is 3.17. The van der Waals surface area contributed by atoms with Gasteiger partial charge in [0, 0.05) is 26.2 Å². The number of fused-ring (bicyclic) bond motifs is 1. The fraction of sp³-hybridized carbons (Fsp3) is 0.588. The third-order valence-corrected chi connectivity index (χ3v) is 4.48. The van der Waals surface area contributed by atoms with Gasteiger partial charge in [-0.05, 0) is 29.7 Å². The van der Waals surface area contributed by atoms with Crippen LogP contribution in [0.25, 0.3) is 0 Å². The molecule has 1 saturated heterocycles. The highest BCUT2D eigenvalue weighted by atomic mass is 16.5. The molecule has 3 rings (SSSR count). The monoisotopic (exact) mass is 320 g/mol. The number of carbonyl (C=O) groups is 1. The summed E-state index contributed by atoms with van der Waals surface area (Å²) in [5.41, 5.74) is 2.35. The molecule has 1 fully saturated rings. The molecule has 1 N–H and O–H groups in total. The molecule has 0 bridgehead atoms. The van der Waals surface area contributed by atoms with Crippen molar-refractivity contribution in [3.63, 3.8) is 0 Å². The normalized spacial score (nSPS) is 20.8. The summed E-state index contributed by atoms with van der Waals surface area (Å²) in [5, 5.41) is 3.26. The first kappa shape index (κ1) is 16.1. The van der Waals surface area contributed by atoms with Gasteiger partial charge in [-0.15, -0.1) is 0 Å². The highest BCUT2D eigenvalue weighted by Gasteiger charge is 2.25. The second-order valence-corrected chi connectivity index (χ2v) is 5.94. The maximum absolute atomic E-state index is 12.5. The van der Waals surface area contributed by atoms with Crippen molar-refractivity contribution in [3.05, 3.63) is 23.3 Å². The van der Waals surface area contributed by atoms with Gasteiger partial charge in [0.05, 0.1) is 33.4 Å². The van der Waals surface area contributed by atoms with Gasteiger partial charge in [-0.25, -0.2) is 0 Å². The number of morpholine rings is 1. The third kappa shape index (κ3) is 3.59. The minimum absolute atomic E-state index is 0.0111. The number of hydrogen-bond acceptors (Lipinski definition) is 5. The van der Waals surface area contributed by atoms with E-state index in [9.17, 15) is 4.79 Å². The van der Waals surface area contributed by atoms with Crippen LogP contribution in [0.5, 0.6) is 11.5 Å². The van der Waals surface area contributed by atoms with E-state index in [2.05, 4.69) is 5.32 Å². The Morgan fingerprint density at radius 2 is 2.04 bits per heavy atom. The number of methoxy groups -OCH3 is 2. The van der Waals surface area contributed by atoms with Crippen LogP contribution in [0.2, 0.25) is 0 Å². The molecule has 0 radical (unpaired) electrons. The Morgan fingerprint density at radius 1 is 1.30 bits per heavy atom. The Balaban J connectivity index is 1.68. The fourth-order valence-corrected chi connectivity index (χ4v) is 3.17. The van der Waals surface area contributed by atoms with Crippen molar-refractivity contribution in [1.82, 2.24) is 10.2 Å². The lowest BCUT2D eigenvalue weighted by Crippen LogP contribution is -2.43. The van der Waals surface area contributed by atoms with E-state index in [-0.39, 0.29) is 12.0 Å². The zero-order chi connectivity index (χ0) is 16.2. The van der Waals surface area contributed by atoms with E-state index in [1.54, 1.807) is 14.2 Å². The van der Waals surface area contributed by atoms with Crippen molar-refractivity contribution in [3.8, 4) is 11.5 Å². The number of rotatable bonds is 4. The van der Waals surface area contributed by atoms with E-state index in [0.717, 1.165) is 37.4 Å². The molecule has 2 heterocycles. The van der Waals surface area contributed by atoms with Crippen LogP contribution in [0.3, 0.4) is 0 Å². The minimum Gasteiger partial charge on any atom is -0.493 e. The second-order valence-electron chi connectivity index (χ2n) is 5.94. The van der Waals surface area contributed by atoms with Crippen molar-refractivity contribution >= 4 is 5.91 Å². The predicted octanol–water partition coefficient (Wildman–Crippen LogP) is 0.967. The van der Waals surface area contributed by atoms with Crippen LogP contribution in [0, 0.1) is 0 Å².